The predicted molar refractivity (Wildman–Crippen MR) is 57.2 cm³/mol. The molecule has 0 aromatic carbocycles. The minimum Gasteiger partial charge on any atom is -0.381 e. The van der Waals surface area contributed by atoms with Crippen molar-refractivity contribution in [1.29, 1.82) is 0 Å². The molecule has 3 unspecified atom stereocenters. The molecule has 2 heterocycles. The molecule has 0 aliphatic carbocycles. The molecule has 0 saturated carbocycles. The van der Waals surface area contributed by atoms with Gasteiger partial charge in [-0.15, -0.1) is 0 Å². The summed E-state index contributed by atoms with van der Waals surface area (Å²) in [4.78, 5) is 0. The lowest BCUT2D eigenvalue weighted by Crippen LogP contribution is -2.40. The van der Waals surface area contributed by atoms with Crippen LogP contribution in [0.15, 0.2) is 0 Å². The zero-order valence-corrected chi connectivity index (χ0v) is 9.11. The highest BCUT2D eigenvalue weighted by molar-refractivity contribution is 7.99. The molecule has 0 radical (unpaired) electrons. The first-order valence-electron chi connectivity index (χ1n) is 5.24. The molecule has 0 amide bonds. The average molecular weight is 201 g/mol. The van der Waals surface area contributed by atoms with Crippen LogP contribution in [0.1, 0.15) is 12.8 Å². The number of hydrogen-bond donors (Lipinski definition) is 1. The lowest BCUT2D eigenvalue weighted by atomic mass is 9.87. The second-order valence-corrected chi connectivity index (χ2v) is 5.21. The van der Waals surface area contributed by atoms with Crippen molar-refractivity contribution in [2.24, 2.45) is 11.8 Å². The first kappa shape index (κ1) is 9.81. The third-order valence-electron chi connectivity index (χ3n) is 3.28. The highest BCUT2D eigenvalue weighted by Crippen LogP contribution is 2.31. The van der Waals surface area contributed by atoms with Crippen LogP contribution in [-0.2, 0) is 4.74 Å². The first-order chi connectivity index (χ1) is 6.42. The molecule has 0 aromatic heterocycles. The molecule has 2 fully saturated rings. The average Bonchev–Trinajstić information content (AvgIpc) is 2.76. The van der Waals surface area contributed by atoms with Crippen molar-refractivity contribution >= 4 is 11.8 Å². The van der Waals surface area contributed by atoms with E-state index in [9.17, 15) is 0 Å². The molecule has 2 saturated heterocycles. The molecule has 13 heavy (non-hydrogen) atoms. The second kappa shape index (κ2) is 4.67. The molecule has 3 heteroatoms. The summed E-state index contributed by atoms with van der Waals surface area (Å²) in [6.07, 6.45) is 2.65. The smallest absolute Gasteiger partial charge is 0.0510 e. The van der Waals surface area contributed by atoms with E-state index in [0.717, 1.165) is 25.0 Å². The third kappa shape index (κ3) is 2.20. The Morgan fingerprint density at radius 2 is 2.31 bits per heavy atom. The molecule has 2 aliphatic heterocycles. The monoisotopic (exact) mass is 201 g/mol. The van der Waals surface area contributed by atoms with Crippen LogP contribution >= 0.6 is 11.8 Å². The van der Waals surface area contributed by atoms with Gasteiger partial charge in [0.25, 0.3) is 0 Å². The third-order valence-corrected chi connectivity index (χ3v) is 4.47. The summed E-state index contributed by atoms with van der Waals surface area (Å²) >= 11 is 2.10. The van der Waals surface area contributed by atoms with Crippen molar-refractivity contribution in [2.75, 3.05) is 31.8 Å². The summed E-state index contributed by atoms with van der Waals surface area (Å²) in [5.74, 6) is 4.37. The number of hydrogen-bond acceptors (Lipinski definition) is 3. The van der Waals surface area contributed by atoms with E-state index >= 15 is 0 Å². The summed E-state index contributed by atoms with van der Waals surface area (Å²) in [6.45, 7) is 1.95. The van der Waals surface area contributed by atoms with Gasteiger partial charge < -0.3 is 10.1 Å². The Morgan fingerprint density at radius 1 is 1.38 bits per heavy atom. The van der Waals surface area contributed by atoms with Crippen LogP contribution in [0.25, 0.3) is 0 Å². The van der Waals surface area contributed by atoms with Gasteiger partial charge in [-0.25, -0.2) is 0 Å². The van der Waals surface area contributed by atoms with E-state index in [4.69, 9.17) is 4.74 Å². The van der Waals surface area contributed by atoms with Crippen molar-refractivity contribution in [1.82, 2.24) is 5.32 Å². The predicted octanol–water partition coefficient (Wildman–Crippen LogP) is 1.36. The van der Waals surface area contributed by atoms with Crippen LogP contribution < -0.4 is 5.32 Å². The van der Waals surface area contributed by atoms with Crippen molar-refractivity contribution in [3.63, 3.8) is 0 Å². The molecule has 76 valence electrons. The lowest BCUT2D eigenvalue weighted by Gasteiger charge is -2.27. The van der Waals surface area contributed by atoms with E-state index in [-0.39, 0.29) is 0 Å². The van der Waals surface area contributed by atoms with Crippen molar-refractivity contribution < 1.29 is 4.74 Å². The molecular formula is C10H19NOS. The van der Waals surface area contributed by atoms with Gasteiger partial charge in [0.1, 0.15) is 0 Å². The molecule has 2 rings (SSSR count). The summed E-state index contributed by atoms with van der Waals surface area (Å²) in [7, 11) is 2.10. The minimum atomic E-state index is 0.706. The van der Waals surface area contributed by atoms with Gasteiger partial charge >= 0.3 is 0 Å². The minimum absolute atomic E-state index is 0.706. The van der Waals surface area contributed by atoms with Crippen LogP contribution in [0.3, 0.4) is 0 Å². The van der Waals surface area contributed by atoms with Crippen LogP contribution in [-0.4, -0.2) is 37.8 Å². The fraction of sp³-hybridized carbons (Fsp3) is 1.00. The summed E-state index contributed by atoms with van der Waals surface area (Å²) in [5, 5.41) is 3.49. The molecule has 2 aliphatic rings. The highest BCUT2D eigenvalue weighted by Gasteiger charge is 2.32. The van der Waals surface area contributed by atoms with Gasteiger partial charge in [-0.3, -0.25) is 0 Å². The maximum Gasteiger partial charge on any atom is 0.0510 e. The van der Waals surface area contributed by atoms with E-state index in [1.165, 1.54) is 24.3 Å². The van der Waals surface area contributed by atoms with E-state index in [1.807, 2.05) is 0 Å². The SMILES string of the molecule is CNC(C1CCOC1)C1CCSC1. The largest absolute Gasteiger partial charge is 0.381 e. The van der Waals surface area contributed by atoms with Gasteiger partial charge in [-0.2, -0.15) is 11.8 Å². The standard InChI is InChI=1S/C10H19NOS/c1-11-10(8-2-4-12-6-8)9-3-5-13-7-9/h8-11H,2-7H2,1H3. The summed E-state index contributed by atoms with van der Waals surface area (Å²) in [5.41, 5.74) is 0. The van der Waals surface area contributed by atoms with Crippen LogP contribution in [0.5, 0.6) is 0 Å². The Balaban J connectivity index is 1.90. The fourth-order valence-corrected chi connectivity index (χ4v) is 3.84. The quantitative estimate of drug-likeness (QED) is 0.745. The van der Waals surface area contributed by atoms with E-state index in [2.05, 4.69) is 24.1 Å². The highest BCUT2D eigenvalue weighted by atomic mass is 32.2. The van der Waals surface area contributed by atoms with E-state index in [1.54, 1.807) is 0 Å². The zero-order chi connectivity index (χ0) is 9.10. The van der Waals surface area contributed by atoms with Crippen molar-refractivity contribution in [3.8, 4) is 0 Å². The van der Waals surface area contributed by atoms with Gasteiger partial charge in [-0.05, 0) is 37.3 Å². The Bertz CT molecular complexity index is 137. The topological polar surface area (TPSA) is 21.3 Å². The summed E-state index contributed by atoms with van der Waals surface area (Å²) in [6, 6.07) is 0.706. The number of nitrogens with one attached hydrogen (secondary N) is 1. The molecule has 0 aromatic rings. The van der Waals surface area contributed by atoms with E-state index in [0.29, 0.717) is 6.04 Å². The van der Waals surface area contributed by atoms with Crippen molar-refractivity contribution in [3.05, 3.63) is 0 Å². The van der Waals surface area contributed by atoms with Gasteiger partial charge in [0.2, 0.25) is 0 Å². The molecule has 3 atom stereocenters. The number of ether oxygens (including phenoxy) is 1. The summed E-state index contributed by atoms with van der Waals surface area (Å²) < 4.78 is 5.45. The van der Waals surface area contributed by atoms with Gasteiger partial charge in [0.15, 0.2) is 0 Å². The Morgan fingerprint density at radius 3 is 2.85 bits per heavy atom. The Kier molecular flexibility index (Phi) is 3.52. The fourth-order valence-electron chi connectivity index (χ4n) is 2.53. The molecule has 1 N–H and O–H groups in total. The van der Waals surface area contributed by atoms with Crippen molar-refractivity contribution in [2.45, 2.75) is 18.9 Å². The van der Waals surface area contributed by atoms with E-state index < -0.39 is 0 Å². The maximum absolute atomic E-state index is 5.45. The molecule has 0 bridgehead atoms. The van der Waals surface area contributed by atoms with Crippen LogP contribution in [0, 0.1) is 11.8 Å². The maximum atomic E-state index is 5.45. The molecule has 0 spiro atoms. The molecular weight excluding hydrogens is 182 g/mol. The van der Waals surface area contributed by atoms with Gasteiger partial charge in [0.05, 0.1) is 6.61 Å². The number of thioether (sulfide) groups is 1. The zero-order valence-electron chi connectivity index (χ0n) is 8.29. The van der Waals surface area contributed by atoms with Gasteiger partial charge in [0, 0.05) is 18.6 Å². The normalized spacial score (nSPS) is 36.7. The van der Waals surface area contributed by atoms with Gasteiger partial charge in [-0.1, -0.05) is 0 Å². The van der Waals surface area contributed by atoms with Crippen LogP contribution in [0.2, 0.25) is 0 Å². The Hall–Kier alpha value is 0.270. The second-order valence-electron chi connectivity index (χ2n) is 4.06. The molecule has 2 nitrogen and oxygen atoms in total. The van der Waals surface area contributed by atoms with Crippen LogP contribution in [0.4, 0.5) is 0 Å². The first-order valence-corrected chi connectivity index (χ1v) is 6.40. The number of rotatable bonds is 3. The lowest BCUT2D eigenvalue weighted by molar-refractivity contribution is 0.169. The Labute approximate surface area is 84.8 Å².